The number of aromatic amines is 2. The Hall–Kier alpha value is -3.34. The molecule has 2 aliphatic rings. The van der Waals surface area contributed by atoms with Crippen molar-refractivity contribution in [3.8, 4) is 0 Å². The Balaban J connectivity index is 1.03. The predicted octanol–water partition coefficient (Wildman–Crippen LogP) is -4.54. The number of nitrogens with one attached hydrogen (secondary N) is 2. The first kappa shape index (κ1) is 43.2. The van der Waals surface area contributed by atoms with E-state index in [0.29, 0.717) is 13.8 Å². The minimum Gasteiger partial charge on any atom is -0.776 e. The van der Waals surface area contributed by atoms with Crippen LogP contribution in [0.4, 0.5) is 11.8 Å². The number of nitrogens with two attached hydrogens (primary N) is 2. The lowest BCUT2D eigenvalue weighted by Crippen LogP contribution is -2.35. The standard InChI is InChI=1S/C23H34N10O20P4/c1-23(2,54(39,40)47-4-9-8(34)3-11(49-9)33-18-13(29-22(33)38)19(37)31-21(25)30-18)51-56(43,44)53-57(45,46)52-55(41,42)48-5-10-14(35)15(36)20(50-10)32-7-28-12-16(24)26-6-27-17(12)32/h6-11,14-15,20,34-36H,3-5H2,1-2H3,(H,29,38)(H,39,40)(H,41,42)(H,43,44)(H,45,46)(H2,24,26,27)(H3,25,30,31,37)/p-4/t8-,9?,10-,11?,14?,15?,20-/m1/s1. The average molecular weight is 890 g/mol. The summed E-state index contributed by atoms with van der Waals surface area (Å²) < 4.78 is 84.2. The molecule has 0 amide bonds. The van der Waals surface area contributed by atoms with Gasteiger partial charge in [0, 0.05) is 6.42 Å². The van der Waals surface area contributed by atoms with Crippen LogP contribution in [0.5, 0.6) is 0 Å². The van der Waals surface area contributed by atoms with Gasteiger partial charge in [-0.2, -0.15) is 4.98 Å². The van der Waals surface area contributed by atoms with Gasteiger partial charge < -0.3 is 74.0 Å². The zero-order valence-electron chi connectivity index (χ0n) is 28.7. The molecule has 2 aliphatic heterocycles. The highest BCUT2D eigenvalue weighted by Crippen LogP contribution is 2.66. The topological polar surface area (TPSA) is 465 Å². The first-order valence-electron chi connectivity index (χ1n) is 15.8. The van der Waals surface area contributed by atoms with Gasteiger partial charge in [0.25, 0.3) is 29.0 Å². The number of H-pyrrole nitrogens is 2. The summed E-state index contributed by atoms with van der Waals surface area (Å²) in [7, 11) is -24.6. The molecular weight excluding hydrogens is 860 g/mol. The average Bonchev–Trinajstić information content (AvgIpc) is 3.81. The summed E-state index contributed by atoms with van der Waals surface area (Å²) >= 11 is 0. The van der Waals surface area contributed by atoms with Gasteiger partial charge >= 0.3 is 5.69 Å². The summed E-state index contributed by atoms with van der Waals surface area (Å²) in [6.07, 6.45) is -9.27. The molecule has 0 aliphatic carbocycles. The summed E-state index contributed by atoms with van der Waals surface area (Å²) in [5.74, 6) is -0.398. The van der Waals surface area contributed by atoms with Gasteiger partial charge in [0.2, 0.25) is 5.95 Å². The largest absolute Gasteiger partial charge is 0.776 e. The van der Waals surface area contributed by atoms with Gasteiger partial charge in [-0.3, -0.25) is 33.0 Å². The fourth-order valence-electron chi connectivity index (χ4n) is 5.59. The molecule has 34 heteroatoms. The van der Waals surface area contributed by atoms with Gasteiger partial charge in [0.1, 0.15) is 47.8 Å². The molecule has 2 saturated heterocycles. The van der Waals surface area contributed by atoms with Gasteiger partial charge in [0.15, 0.2) is 36.5 Å². The number of aromatic nitrogens is 8. The predicted molar refractivity (Wildman–Crippen MR) is 175 cm³/mol. The number of phosphoric acid groups is 3. The molecule has 0 spiro atoms. The fourth-order valence-corrected chi connectivity index (χ4v) is 10.5. The summed E-state index contributed by atoms with van der Waals surface area (Å²) in [6, 6.07) is 0. The normalized spacial score (nSPS) is 28.6. The Morgan fingerprint density at radius 1 is 0.895 bits per heavy atom. The van der Waals surface area contributed by atoms with E-state index in [-0.39, 0.29) is 40.5 Å². The number of nitrogen functional groups attached to an aromatic ring is 2. The summed E-state index contributed by atoms with van der Waals surface area (Å²) in [5.41, 5.74) is 9.17. The smallest absolute Gasteiger partial charge is 0.329 e. The molecule has 11 atom stereocenters. The van der Waals surface area contributed by atoms with E-state index in [1.54, 1.807) is 0 Å². The van der Waals surface area contributed by atoms with Crippen LogP contribution in [0, 0.1) is 0 Å². The number of ether oxygens (including phenoxy) is 2. The molecular formula is C23H30N10O20P4-4. The molecule has 57 heavy (non-hydrogen) atoms. The number of nitrogens with zero attached hydrogens (tertiary/aromatic N) is 6. The molecule has 8 unspecified atom stereocenters. The van der Waals surface area contributed by atoms with Crippen LogP contribution in [0.3, 0.4) is 0 Å². The van der Waals surface area contributed by atoms with Gasteiger partial charge in [-0.1, -0.05) is 0 Å². The maximum atomic E-state index is 13.0. The van der Waals surface area contributed by atoms with E-state index in [4.69, 9.17) is 25.5 Å². The van der Waals surface area contributed by atoms with Crippen molar-refractivity contribution < 1.29 is 84.8 Å². The number of aliphatic hydroxyl groups excluding tert-OH is 3. The van der Waals surface area contributed by atoms with Crippen LogP contribution < -0.4 is 42.3 Å². The van der Waals surface area contributed by atoms with Crippen molar-refractivity contribution in [2.75, 3.05) is 24.7 Å². The van der Waals surface area contributed by atoms with E-state index < -0.39 is 104 Å². The van der Waals surface area contributed by atoms with Crippen LogP contribution in [0.25, 0.3) is 22.3 Å². The molecule has 9 N–H and O–H groups in total. The Labute approximate surface area is 315 Å². The summed E-state index contributed by atoms with van der Waals surface area (Å²) in [6.45, 7) is -1.09. The van der Waals surface area contributed by atoms with Crippen LogP contribution in [0.1, 0.15) is 32.7 Å². The third kappa shape index (κ3) is 8.98. The Morgan fingerprint density at radius 2 is 1.56 bits per heavy atom. The minimum absolute atomic E-state index is 0.0355. The summed E-state index contributed by atoms with van der Waals surface area (Å²) in [4.78, 5) is 94.8. The molecule has 0 saturated carbocycles. The zero-order chi connectivity index (χ0) is 42.0. The molecule has 0 bridgehead atoms. The lowest BCUT2D eigenvalue weighted by Gasteiger charge is -2.43. The molecule has 0 aromatic carbocycles. The second-order valence-electron chi connectivity index (χ2n) is 12.6. The highest BCUT2D eigenvalue weighted by atomic mass is 31.3. The van der Waals surface area contributed by atoms with Crippen molar-refractivity contribution in [2.45, 2.75) is 68.6 Å². The van der Waals surface area contributed by atoms with Gasteiger partial charge in [-0.15, -0.1) is 0 Å². The number of hydrogen-bond acceptors (Lipinski definition) is 26. The number of imidazole rings is 2. The molecule has 4 aromatic heterocycles. The van der Waals surface area contributed by atoms with E-state index >= 15 is 0 Å². The first-order chi connectivity index (χ1) is 26.3. The second kappa shape index (κ2) is 15.4. The fraction of sp³-hybridized carbons (Fsp3) is 0.565. The molecule has 4 aromatic rings. The first-order valence-corrected chi connectivity index (χ1v) is 21.7. The van der Waals surface area contributed by atoms with E-state index in [2.05, 4.69) is 47.6 Å². The minimum atomic E-state index is -6.54. The van der Waals surface area contributed by atoms with Crippen molar-refractivity contribution in [2.24, 2.45) is 0 Å². The lowest BCUT2D eigenvalue weighted by atomic mass is 10.1. The maximum absolute atomic E-state index is 13.0. The van der Waals surface area contributed by atoms with Crippen LogP contribution >= 0.6 is 31.1 Å². The van der Waals surface area contributed by atoms with E-state index in [0.717, 1.165) is 21.8 Å². The van der Waals surface area contributed by atoms with Crippen molar-refractivity contribution in [3.63, 3.8) is 0 Å². The zero-order valence-corrected chi connectivity index (χ0v) is 32.3. The molecule has 0 radical (unpaired) electrons. The van der Waals surface area contributed by atoms with Crippen molar-refractivity contribution in [3.05, 3.63) is 33.5 Å². The number of rotatable bonds is 15. The second-order valence-corrected chi connectivity index (χ2v) is 19.4. The van der Waals surface area contributed by atoms with Crippen LogP contribution in [-0.4, -0.2) is 103 Å². The van der Waals surface area contributed by atoms with Crippen LogP contribution in [0.2, 0.25) is 0 Å². The number of fused-ring (bicyclic) bond motifs is 2. The Morgan fingerprint density at radius 3 is 2.26 bits per heavy atom. The van der Waals surface area contributed by atoms with E-state index in [9.17, 15) is 62.7 Å². The Bertz CT molecular complexity index is 2490. The third-order valence-electron chi connectivity index (χ3n) is 8.29. The highest BCUT2D eigenvalue weighted by molar-refractivity contribution is 7.65. The number of phosphoric ester groups is 2. The molecule has 2 fully saturated rings. The Kier molecular flexibility index (Phi) is 11.7. The van der Waals surface area contributed by atoms with Crippen LogP contribution in [-0.2, 0) is 49.9 Å². The van der Waals surface area contributed by atoms with Crippen molar-refractivity contribution in [1.29, 1.82) is 0 Å². The number of aliphatic hydroxyl groups is 3. The van der Waals surface area contributed by atoms with Crippen molar-refractivity contribution in [1.82, 2.24) is 39.0 Å². The third-order valence-corrected chi connectivity index (χ3v) is 14.7. The van der Waals surface area contributed by atoms with Gasteiger partial charge in [0.05, 0.1) is 25.6 Å². The van der Waals surface area contributed by atoms with Gasteiger partial charge in [-0.25, -0.2) is 32.9 Å². The quantitative estimate of drug-likeness (QED) is 0.0553. The SMILES string of the molecule is CC(C)(OP(=O)([O-])OP(=O)([O-])OP(=O)([O-])OC[C@H]1O[C@@H](n2cnc3c(N)ncnc32)C(O)C1O)P(=O)([O-])OCC1OC(n2c(=O)[nH]c3c(=O)[nH]c(N)nc32)C[C@H]1O. The lowest BCUT2D eigenvalue weighted by molar-refractivity contribution is -0.258. The molecule has 30 nitrogen and oxygen atoms in total. The van der Waals surface area contributed by atoms with Crippen molar-refractivity contribution >= 4 is 65.2 Å². The van der Waals surface area contributed by atoms with E-state index in [1.165, 1.54) is 0 Å². The maximum Gasteiger partial charge on any atom is 0.329 e. The number of anilines is 2. The molecule has 316 valence electrons. The highest BCUT2D eigenvalue weighted by Gasteiger charge is 2.46. The van der Waals surface area contributed by atoms with E-state index in [1.807, 2.05) is 0 Å². The van der Waals surface area contributed by atoms with Crippen LogP contribution in [0.15, 0.2) is 22.2 Å². The monoisotopic (exact) mass is 890 g/mol. The summed E-state index contributed by atoms with van der Waals surface area (Å²) in [5, 5.41) is 28.4. The molecule has 6 rings (SSSR count). The molecule has 6 heterocycles. The van der Waals surface area contributed by atoms with Gasteiger partial charge in [-0.05, 0) is 13.8 Å². The number of hydrogen-bond donors (Lipinski definition) is 7.